The number of anilines is 2. The molecule has 0 aliphatic heterocycles. The lowest BCUT2D eigenvalue weighted by molar-refractivity contribution is 0.0789. The van der Waals surface area contributed by atoms with Gasteiger partial charge in [-0.25, -0.2) is 4.98 Å². The summed E-state index contributed by atoms with van der Waals surface area (Å²) in [4.78, 5) is 23.1. The van der Waals surface area contributed by atoms with Gasteiger partial charge in [0.25, 0.3) is 5.91 Å². The molecule has 0 radical (unpaired) electrons. The Hall–Kier alpha value is -4.07. The number of hydrogen-bond acceptors (Lipinski definition) is 6. The van der Waals surface area contributed by atoms with Crippen molar-refractivity contribution in [3.8, 4) is 17.2 Å². The molecule has 0 fully saturated rings. The predicted molar refractivity (Wildman–Crippen MR) is 129 cm³/mol. The number of carbonyl (C=O) groups is 1. The zero-order chi connectivity index (χ0) is 23.4. The Balaban J connectivity index is 1.57. The molecule has 1 amide bonds. The van der Waals surface area contributed by atoms with Crippen molar-refractivity contribution in [1.82, 2.24) is 19.4 Å². The van der Waals surface area contributed by atoms with E-state index in [0.29, 0.717) is 29.7 Å². The second kappa shape index (κ2) is 9.60. The molecule has 2 aromatic heterocycles. The van der Waals surface area contributed by atoms with Crippen LogP contribution in [0, 0.1) is 0 Å². The maximum Gasteiger partial charge on any atom is 0.272 e. The number of pyridine rings is 1. The van der Waals surface area contributed by atoms with E-state index in [1.165, 1.54) is 0 Å². The molecule has 0 aliphatic rings. The van der Waals surface area contributed by atoms with Crippen molar-refractivity contribution in [1.29, 1.82) is 0 Å². The van der Waals surface area contributed by atoms with Crippen LogP contribution in [0.25, 0.3) is 11.0 Å². The highest BCUT2D eigenvalue weighted by Crippen LogP contribution is 2.30. The molecular formula is C25H27N5O3. The number of nitrogens with one attached hydrogen (secondary N) is 1. The van der Waals surface area contributed by atoms with E-state index in [-0.39, 0.29) is 5.91 Å². The van der Waals surface area contributed by atoms with Gasteiger partial charge in [-0.15, -0.1) is 0 Å². The maximum absolute atomic E-state index is 12.5. The summed E-state index contributed by atoms with van der Waals surface area (Å²) in [5.74, 6) is 2.45. The summed E-state index contributed by atoms with van der Waals surface area (Å²) in [6.07, 6.45) is 2.47. The van der Waals surface area contributed by atoms with Crippen LogP contribution in [-0.4, -0.2) is 46.0 Å². The minimum atomic E-state index is -0.130. The average Bonchev–Trinajstić information content (AvgIpc) is 3.13. The lowest BCUT2D eigenvalue weighted by Gasteiger charge is -2.15. The first-order chi connectivity index (χ1) is 16.0. The fourth-order valence-corrected chi connectivity index (χ4v) is 3.58. The number of aryl methyl sites for hydroxylation is 1. The summed E-state index contributed by atoms with van der Waals surface area (Å²) in [7, 11) is 5.35. The van der Waals surface area contributed by atoms with Crippen molar-refractivity contribution in [3.05, 3.63) is 66.5 Å². The second-order valence-electron chi connectivity index (χ2n) is 7.68. The monoisotopic (exact) mass is 445 g/mol. The van der Waals surface area contributed by atoms with Gasteiger partial charge in [0.15, 0.2) is 0 Å². The third-order valence-electron chi connectivity index (χ3n) is 5.30. The predicted octanol–water partition coefficient (Wildman–Crippen LogP) is 4.99. The van der Waals surface area contributed by atoms with Gasteiger partial charge in [0.2, 0.25) is 5.95 Å². The van der Waals surface area contributed by atoms with Crippen molar-refractivity contribution in [2.45, 2.75) is 13.3 Å². The van der Waals surface area contributed by atoms with Gasteiger partial charge in [0.05, 0.1) is 23.8 Å². The average molecular weight is 446 g/mol. The molecule has 0 saturated carbocycles. The fraction of sp³-hybridized carbons (Fsp3) is 0.240. The van der Waals surface area contributed by atoms with E-state index in [0.717, 1.165) is 28.9 Å². The number of amides is 1. The normalized spacial score (nSPS) is 10.8. The maximum atomic E-state index is 12.5. The Labute approximate surface area is 192 Å². The summed E-state index contributed by atoms with van der Waals surface area (Å²) < 4.78 is 13.4. The highest BCUT2D eigenvalue weighted by Gasteiger charge is 2.14. The van der Waals surface area contributed by atoms with Crippen LogP contribution in [0.5, 0.6) is 17.2 Å². The molecule has 4 rings (SSSR count). The molecule has 8 heteroatoms. The van der Waals surface area contributed by atoms with Crippen LogP contribution >= 0.6 is 0 Å². The minimum Gasteiger partial charge on any atom is -0.495 e. The first-order valence-corrected chi connectivity index (χ1v) is 10.8. The Morgan fingerprint density at radius 1 is 1.12 bits per heavy atom. The molecule has 0 spiro atoms. The van der Waals surface area contributed by atoms with E-state index in [1.54, 1.807) is 37.4 Å². The van der Waals surface area contributed by atoms with E-state index in [9.17, 15) is 4.79 Å². The Kier molecular flexibility index (Phi) is 6.44. The van der Waals surface area contributed by atoms with E-state index in [2.05, 4.69) is 10.3 Å². The fourth-order valence-electron chi connectivity index (χ4n) is 3.58. The summed E-state index contributed by atoms with van der Waals surface area (Å²) in [6.45, 7) is 2.70. The second-order valence-corrected chi connectivity index (χ2v) is 7.68. The van der Waals surface area contributed by atoms with Crippen LogP contribution in [0.2, 0.25) is 0 Å². The molecule has 33 heavy (non-hydrogen) atoms. The minimum absolute atomic E-state index is 0.130. The molecule has 0 saturated heterocycles. The van der Waals surface area contributed by atoms with Gasteiger partial charge in [-0.05, 0) is 36.8 Å². The highest BCUT2D eigenvalue weighted by atomic mass is 16.5. The smallest absolute Gasteiger partial charge is 0.272 e. The SMILES string of the molecule is CCCN(C)C(=O)c1cc(Oc2ccc3c(c2)nc(Nc2ccccc2OC)n3C)ccn1. The molecule has 0 aliphatic carbocycles. The molecule has 0 bridgehead atoms. The van der Waals surface area contributed by atoms with Crippen LogP contribution in [0.15, 0.2) is 60.8 Å². The van der Waals surface area contributed by atoms with E-state index in [1.807, 2.05) is 61.0 Å². The number of hydrogen-bond donors (Lipinski definition) is 1. The molecule has 0 atom stereocenters. The summed E-state index contributed by atoms with van der Waals surface area (Å²) in [6, 6.07) is 16.8. The van der Waals surface area contributed by atoms with Gasteiger partial charge in [-0.1, -0.05) is 19.1 Å². The highest BCUT2D eigenvalue weighted by molar-refractivity contribution is 5.92. The van der Waals surface area contributed by atoms with Gasteiger partial charge in [0, 0.05) is 39.0 Å². The lowest BCUT2D eigenvalue weighted by Crippen LogP contribution is -2.28. The van der Waals surface area contributed by atoms with Crippen LogP contribution < -0.4 is 14.8 Å². The number of imidazole rings is 1. The van der Waals surface area contributed by atoms with E-state index in [4.69, 9.17) is 14.5 Å². The first kappa shape index (κ1) is 22.1. The van der Waals surface area contributed by atoms with Crippen molar-refractivity contribution in [3.63, 3.8) is 0 Å². The Morgan fingerprint density at radius 3 is 2.70 bits per heavy atom. The van der Waals surface area contributed by atoms with Crippen LogP contribution in [0.4, 0.5) is 11.6 Å². The van der Waals surface area contributed by atoms with Gasteiger partial charge >= 0.3 is 0 Å². The quantitative estimate of drug-likeness (QED) is 0.411. The summed E-state index contributed by atoms with van der Waals surface area (Å²) >= 11 is 0. The summed E-state index contributed by atoms with van der Waals surface area (Å²) in [5, 5.41) is 3.33. The van der Waals surface area contributed by atoms with Gasteiger partial charge in [-0.2, -0.15) is 0 Å². The number of fused-ring (bicyclic) bond motifs is 1. The first-order valence-electron chi connectivity index (χ1n) is 10.8. The number of ether oxygens (including phenoxy) is 2. The number of benzene rings is 2. The molecule has 8 nitrogen and oxygen atoms in total. The third-order valence-corrected chi connectivity index (χ3v) is 5.30. The largest absolute Gasteiger partial charge is 0.495 e. The summed E-state index contributed by atoms with van der Waals surface area (Å²) in [5.41, 5.74) is 2.91. The van der Waals surface area contributed by atoms with Crippen LogP contribution in [0.3, 0.4) is 0 Å². The lowest BCUT2D eigenvalue weighted by atomic mass is 10.2. The van der Waals surface area contributed by atoms with Crippen molar-refractivity contribution >= 4 is 28.6 Å². The van der Waals surface area contributed by atoms with Gasteiger partial charge < -0.3 is 24.3 Å². The molecule has 4 aromatic rings. The van der Waals surface area contributed by atoms with Crippen molar-refractivity contribution in [2.24, 2.45) is 7.05 Å². The van der Waals surface area contributed by atoms with Crippen LogP contribution in [0.1, 0.15) is 23.8 Å². The number of methoxy groups -OCH3 is 1. The van der Waals surface area contributed by atoms with E-state index < -0.39 is 0 Å². The number of carbonyl (C=O) groups excluding carboxylic acids is 1. The Morgan fingerprint density at radius 2 is 1.91 bits per heavy atom. The zero-order valence-electron chi connectivity index (χ0n) is 19.2. The number of rotatable bonds is 8. The van der Waals surface area contributed by atoms with Gasteiger partial charge in [-0.3, -0.25) is 9.78 Å². The zero-order valence-corrected chi connectivity index (χ0v) is 19.2. The van der Waals surface area contributed by atoms with E-state index >= 15 is 0 Å². The Bertz CT molecular complexity index is 1280. The molecule has 170 valence electrons. The third kappa shape index (κ3) is 4.74. The number of nitrogens with zero attached hydrogens (tertiary/aromatic N) is 4. The topological polar surface area (TPSA) is 81.5 Å². The molecule has 2 heterocycles. The van der Waals surface area contributed by atoms with Crippen molar-refractivity contribution in [2.75, 3.05) is 26.0 Å². The van der Waals surface area contributed by atoms with Gasteiger partial charge in [0.1, 0.15) is 22.9 Å². The molecule has 2 aromatic carbocycles. The standard InChI is InChI=1S/C25H27N5O3/c1-5-14-29(2)24(31)21-16-18(12-13-26-21)33-17-10-11-22-20(15-17)28-25(30(22)3)27-19-8-6-7-9-23(19)32-4/h6-13,15-16H,5,14H2,1-4H3,(H,27,28). The van der Waals surface area contributed by atoms with Crippen LogP contribution in [-0.2, 0) is 7.05 Å². The number of para-hydroxylation sites is 2. The molecule has 0 unspecified atom stereocenters. The van der Waals surface area contributed by atoms with Crippen molar-refractivity contribution < 1.29 is 14.3 Å². The molecular weight excluding hydrogens is 418 g/mol. The molecule has 1 N–H and O–H groups in total. The number of aromatic nitrogens is 3.